The number of carboxylic acids is 1. The summed E-state index contributed by atoms with van der Waals surface area (Å²) in [5.74, 6) is -1.03. The van der Waals surface area contributed by atoms with Crippen molar-refractivity contribution < 1.29 is 24.5 Å². The molecule has 1 aliphatic rings. The van der Waals surface area contributed by atoms with Crippen LogP contribution in [0.5, 0.6) is 0 Å². The minimum Gasteiger partial charge on any atom is -0.479 e. The van der Waals surface area contributed by atoms with Crippen molar-refractivity contribution in [3.05, 3.63) is 0 Å². The van der Waals surface area contributed by atoms with E-state index in [1.54, 1.807) is 0 Å². The molecule has 1 amide bonds. The minimum absolute atomic E-state index is 0.175. The Morgan fingerprint density at radius 3 is 2.44 bits per heavy atom. The summed E-state index contributed by atoms with van der Waals surface area (Å²) in [6, 6.07) is 0. The maximum absolute atomic E-state index is 11.7. The number of aliphatic hydroxyl groups excluding tert-OH is 1. The quantitative estimate of drug-likeness (QED) is 0.630. The van der Waals surface area contributed by atoms with Gasteiger partial charge in [-0.25, -0.2) is 4.79 Å². The first kappa shape index (κ1) is 14.9. The lowest BCUT2D eigenvalue weighted by Crippen LogP contribution is -2.39. The average Bonchev–Trinajstić information content (AvgIpc) is 2.74. The number of carbonyl (C=O) groups excluding carboxylic acids is 1. The van der Waals surface area contributed by atoms with Crippen LogP contribution in [0.3, 0.4) is 0 Å². The first-order valence-corrected chi connectivity index (χ1v) is 6.24. The number of aliphatic carboxylic acids is 1. The summed E-state index contributed by atoms with van der Waals surface area (Å²) in [6.45, 7) is 4.15. The molecule has 0 aromatic carbocycles. The van der Waals surface area contributed by atoms with Crippen LogP contribution in [0.25, 0.3) is 0 Å². The van der Waals surface area contributed by atoms with Gasteiger partial charge < -0.3 is 20.3 Å². The number of amides is 1. The monoisotopic (exact) mass is 259 g/mol. The normalized spacial score (nSPS) is 25.1. The van der Waals surface area contributed by atoms with E-state index in [9.17, 15) is 14.7 Å². The fraction of sp³-hybridized carbons (Fsp3) is 0.833. The minimum atomic E-state index is -1.04. The third kappa shape index (κ3) is 4.62. The topological polar surface area (TPSA) is 95.9 Å². The van der Waals surface area contributed by atoms with Crippen LogP contribution in [0.1, 0.15) is 33.1 Å². The number of rotatable bonds is 6. The maximum atomic E-state index is 11.7. The highest BCUT2D eigenvalue weighted by molar-refractivity contribution is 5.82. The molecule has 3 N–H and O–H groups in total. The molecule has 6 nitrogen and oxygen atoms in total. The standard InChI is InChI=1S/C12H21NO5/c1-7(2)5-8(14)6-13-11(15)9-3-4-10(18-9)12(16)17/h7-10,14H,3-6H2,1-2H3,(H,13,15)(H,16,17). The van der Waals surface area contributed by atoms with Crippen LogP contribution in [0.15, 0.2) is 0 Å². The summed E-state index contributed by atoms with van der Waals surface area (Å²) in [5, 5.41) is 20.9. The Balaban J connectivity index is 2.28. The van der Waals surface area contributed by atoms with Crippen molar-refractivity contribution in [3.63, 3.8) is 0 Å². The van der Waals surface area contributed by atoms with Gasteiger partial charge >= 0.3 is 5.97 Å². The summed E-state index contributed by atoms with van der Waals surface area (Å²) in [7, 11) is 0. The lowest BCUT2D eigenvalue weighted by molar-refractivity contribution is -0.151. The second-order valence-corrected chi connectivity index (χ2v) is 5.06. The van der Waals surface area contributed by atoms with E-state index in [0.29, 0.717) is 25.2 Å². The van der Waals surface area contributed by atoms with Crippen LogP contribution in [-0.2, 0) is 14.3 Å². The van der Waals surface area contributed by atoms with Gasteiger partial charge in [-0.2, -0.15) is 0 Å². The van der Waals surface area contributed by atoms with E-state index in [0.717, 1.165) is 0 Å². The van der Waals surface area contributed by atoms with Gasteiger partial charge in [0.1, 0.15) is 6.10 Å². The van der Waals surface area contributed by atoms with Crippen LogP contribution in [0, 0.1) is 5.92 Å². The van der Waals surface area contributed by atoms with Gasteiger partial charge in [0.25, 0.3) is 0 Å². The summed E-state index contributed by atoms with van der Waals surface area (Å²) < 4.78 is 5.10. The van der Waals surface area contributed by atoms with Crippen LogP contribution in [0.2, 0.25) is 0 Å². The van der Waals surface area contributed by atoms with Gasteiger partial charge in [-0.15, -0.1) is 0 Å². The van der Waals surface area contributed by atoms with Crippen molar-refractivity contribution >= 4 is 11.9 Å². The van der Waals surface area contributed by atoms with Gasteiger partial charge in [0.05, 0.1) is 6.10 Å². The van der Waals surface area contributed by atoms with E-state index in [1.807, 2.05) is 13.8 Å². The van der Waals surface area contributed by atoms with Crippen molar-refractivity contribution in [2.45, 2.75) is 51.4 Å². The summed E-state index contributed by atoms with van der Waals surface area (Å²) >= 11 is 0. The third-order valence-corrected chi connectivity index (χ3v) is 2.84. The number of carbonyl (C=O) groups is 2. The zero-order valence-corrected chi connectivity index (χ0v) is 10.8. The lowest BCUT2D eigenvalue weighted by Gasteiger charge is -2.16. The van der Waals surface area contributed by atoms with Gasteiger partial charge in [0, 0.05) is 6.54 Å². The second kappa shape index (κ2) is 6.70. The molecule has 0 aromatic heterocycles. The number of aliphatic hydroxyl groups is 1. The fourth-order valence-corrected chi connectivity index (χ4v) is 1.97. The number of nitrogens with one attached hydrogen (secondary N) is 1. The van der Waals surface area contributed by atoms with Gasteiger partial charge in [-0.3, -0.25) is 4.79 Å². The molecular weight excluding hydrogens is 238 g/mol. The first-order chi connectivity index (χ1) is 8.40. The Hall–Kier alpha value is -1.14. The Morgan fingerprint density at radius 1 is 1.33 bits per heavy atom. The maximum Gasteiger partial charge on any atom is 0.332 e. The largest absolute Gasteiger partial charge is 0.479 e. The van der Waals surface area contributed by atoms with E-state index in [-0.39, 0.29) is 12.5 Å². The van der Waals surface area contributed by atoms with Crippen molar-refractivity contribution in [2.75, 3.05) is 6.54 Å². The van der Waals surface area contributed by atoms with Crippen molar-refractivity contribution in [1.29, 1.82) is 0 Å². The molecule has 3 atom stereocenters. The van der Waals surface area contributed by atoms with Gasteiger partial charge in [-0.1, -0.05) is 13.8 Å². The van der Waals surface area contributed by atoms with E-state index >= 15 is 0 Å². The Labute approximate surface area is 106 Å². The lowest BCUT2D eigenvalue weighted by atomic mass is 10.1. The summed E-state index contributed by atoms with van der Waals surface area (Å²) in [5.41, 5.74) is 0. The zero-order valence-electron chi connectivity index (χ0n) is 10.8. The highest BCUT2D eigenvalue weighted by Gasteiger charge is 2.34. The van der Waals surface area contributed by atoms with Crippen LogP contribution >= 0.6 is 0 Å². The Kier molecular flexibility index (Phi) is 5.55. The Morgan fingerprint density at radius 2 is 1.94 bits per heavy atom. The average molecular weight is 259 g/mol. The van der Waals surface area contributed by atoms with Crippen molar-refractivity contribution in [3.8, 4) is 0 Å². The van der Waals surface area contributed by atoms with Gasteiger partial charge in [0.2, 0.25) is 5.91 Å². The summed E-state index contributed by atoms with van der Waals surface area (Å²) in [4.78, 5) is 22.3. The van der Waals surface area contributed by atoms with Crippen molar-refractivity contribution in [2.24, 2.45) is 5.92 Å². The molecule has 1 heterocycles. The molecular formula is C12H21NO5. The molecule has 0 aliphatic carbocycles. The molecule has 104 valence electrons. The van der Waals surface area contributed by atoms with Crippen LogP contribution in [-0.4, -0.2) is 46.9 Å². The zero-order chi connectivity index (χ0) is 13.7. The highest BCUT2D eigenvalue weighted by atomic mass is 16.5. The molecule has 0 radical (unpaired) electrons. The number of carboxylic acid groups (broad SMARTS) is 1. The molecule has 3 unspecified atom stereocenters. The molecule has 6 heteroatoms. The van der Waals surface area contributed by atoms with Crippen LogP contribution in [0.4, 0.5) is 0 Å². The number of hydrogen-bond acceptors (Lipinski definition) is 4. The third-order valence-electron chi connectivity index (χ3n) is 2.84. The molecule has 1 aliphatic heterocycles. The fourth-order valence-electron chi connectivity index (χ4n) is 1.97. The number of ether oxygens (including phenoxy) is 1. The number of hydrogen-bond donors (Lipinski definition) is 3. The molecule has 0 saturated carbocycles. The molecule has 18 heavy (non-hydrogen) atoms. The predicted octanol–water partition coefficient (Wildman–Crippen LogP) is 0.142. The SMILES string of the molecule is CC(C)CC(O)CNC(=O)C1CCC(C(=O)O)O1. The molecule has 0 spiro atoms. The Bertz CT molecular complexity index is 305. The van der Waals surface area contributed by atoms with Gasteiger partial charge in [0.15, 0.2) is 6.10 Å². The smallest absolute Gasteiger partial charge is 0.332 e. The molecule has 1 rings (SSSR count). The van der Waals surface area contributed by atoms with E-state index in [2.05, 4.69) is 5.32 Å². The van der Waals surface area contributed by atoms with E-state index in [4.69, 9.17) is 9.84 Å². The van der Waals surface area contributed by atoms with Crippen molar-refractivity contribution in [1.82, 2.24) is 5.32 Å². The van der Waals surface area contributed by atoms with Gasteiger partial charge in [-0.05, 0) is 25.2 Å². The van der Waals surface area contributed by atoms with E-state index < -0.39 is 24.3 Å². The van der Waals surface area contributed by atoms with Crippen LogP contribution < -0.4 is 5.32 Å². The summed E-state index contributed by atoms with van der Waals surface area (Å²) in [6.07, 6.45) is -0.807. The highest BCUT2D eigenvalue weighted by Crippen LogP contribution is 2.19. The second-order valence-electron chi connectivity index (χ2n) is 5.06. The molecule has 1 fully saturated rings. The molecule has 1 saturated heterocycles. The van der Waals surface area contributed by atoms with E-state index in [1.165, 1.54) is 0 Å². The predicted molar refractivity (Wildman–Crippen MR) is 64.0 cm³/mol. The first-order valence-electron chi connectivity index (χ1n) is 6.24. The molecule has 0 aromatic rings. The molecule has 0 bridgehead atoms.